The highest BCUT2D eigenvalue weighted by atomic mass is 16.5. The lowest BCUT2D eigenvalue weighted by molar-refractivity contribution is 0.0950. The molecule has 27 heavy (non-hydrogen) atoms. The molecule has 0 aliphatic carbocycles. The minimum atomic E-state index is -0.188. The summed E-state index contributed by atoms with van der Waals surface area (Å²) in [6.45, 7) is 0.973. The number of nitrogens with one attached hydrogen (secondary N) is 1. The van der Waals surface area contributed by atoms with E-state index in [9.17, 15) is 4.79 Å². The number of hydrogen-bond donors (Lipinski definition) is 2. The summed E-state index contributed by atoms with van der Waals surface area (Å²) in [5.74, 6) is 0.622. The maximum Gasteiger partial charge on any atom is 0.270 e. The summed E-state index contributed by atoms with van der Waals surface area (Å²) in [6.07, 6.45) is 2.35. The van der Waals surface area contributed by atoms with Crippen molar-refractivity contribution in [3.8, 4) is 16.9 Å². The molecule has 5 heteroatoms. The van der Waals surface area contributed by atoms with E-state index in [2.05, 4.69) is 10.3 Å². The maximum absolute atomic E-state index is 12.7. The summed E-state index contributed by atoms with van der Waals surface area (Å²) in [4.78, 5) is 17.0. The molecular formula is C22H23N3O2. The first kappa shape index (κ1) is 18.6. The molecule has 138 valence electrons. The second-order valence-electron chi connectivity index (χ2n) is 6.16. The van der Waals surface area contributed by atoms with Crippen LogP contribution in [0.4, 0.5) is 0 Å². The molecule has 0 unspecified atom stereocenters. The molecular weight excluding hydrogens is 338 g/mol. The van der Waals surface area contributed by atoms with E-state index in [-0.39, 0.29) is 5.91 Å². The van der Waals surface area contributed by atoms with Gasteiger partial charge < -0.3 is 15.8 Å². The predicted octanol–water partition coefficient (Wildman–Crippen LogP) is 3.19. The van der Waals surface area contributed by atoms with Crippen LogP contribution in [0, 0.1) is 0 Å². The van der Waals surface area contributed by atoms with Crippen molar-refractivity contribution < 1.29 is 9.53 Å². The Balaban J connectivity index is 1.71. The zero-order chi connectivity index (χ0) is 19.1. The number of hydrogen-bond acceptors (Lipinski definition) is 4. The Bertz CT molecular complexity index is 925. The molecule has 0 radical (unpaired) electrons. The lowest BCUT2D eigenvalue weighted by Crippen LogP contribution is -2.27. The van der Waals surface area contributed by atoms with Crippen molar-refractivity contribution in [1.29, 1.82) is 0 Å². The van der Waals surface area contributed by atoms with Crippen molar-refractivity contribution in [2.24, 2.45) is 5.73 Å². The number of carbonyl (C=O) groups excluding carboxylic acids is 1. The van der Waals surface area contributed by atoms with Crippen LogP contribution < -0.4 is 15.8 Å². The summed E-state index contributed by atoms with van der Waals surface area (Å²) in [7, 11) is 1.64. The fraction of sp³-hybridized carbons (Fsp3) is 0.182. The Morgan fingerprint density at radius 3 is 2.70 bits per heavy atom. The smallest absolute Gasteiger partial charge is 0.270 e. The lowest BCUT2D eigenvalue weighted by atomic mass is 10.0. The summed E-state index contributed by atoms with van der Waals surface area (Å²) >= 11 is 0. The standard InChI is InChI=1S/C22H23N3O2/c1-27-19-8-3-5-16(14-19)10-12-25-22(26)21-20(9-4-11-24-21)18-7-2-6-17(13-18)15-23/h2-9,11,13-14H,10,12,15,23H2,1H3,(H,25,26). The van der Waals surface area contributed by atoms with E-state index in [1.807, 2.05) is 60.7 Å². The molecule has 3 aromatic rings. The second-order valence-corrected chi connectivity index (χ2v) is 6.16. The molecule has 0 aliphatic rings. The normalized spacial score (nSPS) is 10.4. The number of ether oxygens (including phenoxy) is 1. The second kappa shape index (κ2) is 8.96. The molecule has 0 atom stereocenters. The van der Waals surface area contributed by atoms with Crippen LogP contribution in [-0.4, -0.2) is 24.5 Å². The summed E-state index contributed by atoms with van der Waals surface area (Å²) in [5.41, 5.74) is 10.00. The van der Waals surface area contributed by atoms with E-state index >= 15 is 0 Å². The highest BCUT2D eigenvalue weighted by molar-refractivity contribution is 5.98. The lowest BCUT2D eigenvalue weighted by Gasteiger charge is -2.11. The van der Waals surface area contributed by atoms with Gasteiger partial charge in [0.1, 0.15) is 11.4 Å². The molecule has 0 aliphatic heterocycles. The largest absolute Gasteiger partial charge is 0.497 e. The Morgan fingerprint density at radius 2 is 1.89 bits per heavy atom. The highest BCUT2D eigenvalue weighted by Gasteiger charge is 2.14. The van der Waals surface area contributed by atoms with Gasteiger partial charge in [-0.3, -0.25) is 9.78 Å². The minimum absolute atomic E-state index is 0.188. The fourth-order valence-electron chi connectivity index (χ4n) is 2.92. The molecule has 0 saturated carbocycles. The first-order chi connectivity index (χ1) is 13.2. The van der Waals surface area contributed by atoms with Gasteiger partial charge in [0.2, 0.25) is 0 Å². The van der Waals surface area contributed by atoms with Gasteiger partial charge >= 0.3 is 0 Å². The van der Waals surface area contributed by atoms with Crippen LogP contribution >= 0.6 is 0 Å². The van der Waals surface area contributed by atoms with Gasteiger partial charge in [-0.05, 0) is 47.4 Å². The first-order valence-corrected chi connectivity index (χ1v) is 8.87. The molecule has 2 aromatic carbocycles. The third-order valence-electron chi connectivity index (χ3n) is 4.33. The van der Waals surface area contributed by atoms with Crippen LogP contribution in [0.15, 0.2) is 66.9 Å². The van der Waals surface area contributed by atoms with Crippen LogP contribution in [-0.2, 0) is 13.0 Å². The van der Waals surface area contributed by atoms with E-state index in [1.54, 1.807) is 13.3 Å². The summed E-state index contributed by atoms with van der Waals surface area (Å²) in [6, 6.07) is 19.4. The number of benzene rings is 2. The highest BCUT2D eigenvalue weighted by Crippen LogP contribution is 2.23. The van der Waals surface area contributed by atoms with Crippen LogP contribution in [0.25, 0.3) is 11.1 Å². The van der Waals surface area contributed by atoms with Crippen LogP contribution in [0.5, 0.6) is 5.75 Å². The van der Waals surface area contributed by atoms with Gasteiger partial charge in [0.05, 0.1) is 7.11 Å². The third-order valence-corrected chi connectivity index (χ3v) is 4.33. The van der Waals surface area contributed by atoms with Crippen molar-refractivity contribution >= 4 is 5.91 Å². The van der Waals surface area contributed by atoms with Gasteiger partial charge in [-0.1, -0.05) is 36.4 Å². The molecule has 0 fully saturated rings. The van der Waals surface area contributed by atoms with Gasteiger partial charge in [0, 0.05) is 24.8 Å². The van der Waals surface area contributed by atoms with E-state index in [1.165, 1.54) is 0 Å². The van der Waals surface area contributed by atoms with Crippen LogP contribution in [0.3, 0.4) is 0 Å². The monoisotopic (exact) mass is 361 g/mol. The van der Waals surface area contributed by atoms with Crippen LogP contribution in [0.1, 0.15) is 21.6 Å². The molecule has 0 bridgehead atoms. The van der Waals surface area contributed by atoms with Crippen LogP contribution in [0.2, 0.25) is 0 Å². The summed E-state index contributed by atoms with van der Waals surface area (Å²) < 4.78 is 5.23. The topological polar surface area (TPSA) is 77.2 Å². The Hall–Kier alpha value is -3.18. The van der Waals surface area contributed by atoms with Gasteiger partial charge in [-0.25, -0.2) is 0 Å². The third kappa shape index (κ3) is 4.71. The first-order valence-electron chi connectivity index (χ1n) is 8.87. The number of pyridine rings is 1. The molecule has 5 nitrogen and oxygen atoms in total. The molecule has 0 saturated heterocycles. The number of rotatable bonds is 7. The van der Waals surface area contributed by atoms with E-state index in [4.69, 9.17) is 10.5 Å². The zero-order valence-corrected chi connectivity index (χ0v) is 15.3. The molecule has 0 spiro atoms. The van der Waals surface area contributed by atoms with Crippen molar-refractivity contribution in [1.82, 2.24) is 10.3 Å². The number of aromatic nitrogens is 1. The van der Waals surface area contributed by atoms with Gasteiger partial charge in [0.25, 0.3) is 5.91 Å². The van der Waals surface area contributed by atoms with Gasteiger partial charge in [-0.15, -0.1) is 0 Å². The van der Waals surface area contributed by atoms with Gasteiger partial charge in [-0.2, -0.15) is 0 Å². The number of amides is 1. The van der Waals surface area contributed by atoms with Crippen molar-refractivity contribution in [3.63, 3.8) is 0 Å². The SMILES string of the molecule is COc1cccc(CCNC(=O)c2ncccc2-c2cccc(CN)c2)c1. The number of carbonyl (C=O) groups is 1. The fourth-order valence-corrected chi connectivity index (χ4v) is 2.92. The molecule has 1 aromatic heterocycles. The van der Waals surface area contributed by atoms with Crippen molar-refractivity contribution in [2.75, 3.05) is 13.7 Å². The average Bonchev–Trinajstić information content (AvgIpc) is 2.74. The van der Waals surface area contributed by atoms with E-state index in [0.717, 1.165) is 28.0 Å². The van der Waals surface area contributed by atoms with Gasteiger partial charge in [0.15, 0.2) is 0 Å². The van der Waals surface area contributed by atoms with Crippen molar-refractivity contribution in [2.45, 2.75) is 13.0 Å². The Labute approximate surface area is 159 Å². The maximum atomic E-state index is 12.7. The predicted molar refractivity (Wildman–Crippen MR) is 107 cm³/mol. The molecule has 1 amide bonds. The number of nitrogens with zero attached hydrogens (tertiary/aromatic N) is 1. The molecule has 1 heterocycles. The van der Waals surface area contributed by atoms with Crippen molar-refractivity contribution in [3.05, 3.63) is 83.7 Å². The number of nitrogens with two attached hydrogens (primary N) is 1. The average molecular weight is 361 g/mol. The summed E-state index contributed by atoms with van der Waals surface area (Å²) in [5, 5.41) is 2.96. The van der Waals surface area contributed by atoms with E-state index in [0.29, 0.717) is 25.2 Å². The number of methoxy groups -OCH3 is 1. The zero-order valence-electron chi connectivity index (χ0n) is 15.3. The Kier molecular flexibility index (Phi) is 6.18. The minimum Gasteiger partial charge on any atom is -0.497 e. The molecule has 3 N–H and O–H groups in total. The van der Waals surface area contributed by atoms with E-state index < -0.39 is 0 Å². The molecule has 3 rings (SSSR count). The Morgan fingerprint density at radius 1 is 1.07 bits per heavy atom. The quantitative estimate of drug-likeness (QED) is 0.677.